The highest BCUT2D eigenvalue weighted by Crippen LogP contribution is 2.27. The zero-order valence-corrected chi connectivity index (χ0v) is 11.1. The Morgan fingerprint density at radius 3 is 2.83 bits per heavy atom. The molecule has 0 bridgehead atoms. The topological polar surface area (TPSA) is 48.9 Å². The number of rotatable bonds is 2. The van der Waals surface area contributed by atoms with Gasteiger partial charge in [-0.1, -0.05) is 12.1 Å². The Hall–Kier alpha value is -1.65. The fourth-order valence-corrected chi connectivity index (χ4v) is 2.29. The molecule has 0 fully saturated rings. The van der Waals surface area contributed by atoms with Crippen molar-refractivity contribution < 1.29 is 5.11 Å². The Kier molecular flexibility index (Phi) is 2.89. The summed E-state index contributed by atoms with van der Waals surface area (Å²) in [6.45, 7) is 0. The average molecular weight is 303 g/mol. The maximum absolute atomic E-state index is 10.4. The van der Waals surface area contributed by atoms with Crippen LogP contribution < -0.4 is 0 Å². The van der Waals surface area contributed by atoms with Crippen molar-refractivity contribution in [2.45, 2.75) is 6.10 Å². The lowest BCUT2D eigenvalue weighted by atomic mass is 10.0. The van der Waals surface area contributed by atoms with Crippen LogP contribution in [-0.4, -0.2) is 15.1 Å². The summed E-state index contributed by atoms with van der Waals surface area (Å²) >= 11 is 3.34. The van der Waals surface area contributed by atoms with Gasteiger partial charge in [-0.15, -0.1) is 0 Å². The molecule has 1 unspecified atom stereocenters. The highest BCUT2D eigenvalue weighted by atomic mass is 79.9. The number of H-pyrrole nitrogens is 1. The molecule has 18 heavy (non-hydrogen) atoms. The molecule has 0 saturated heterocycles. The number of nitrogens with zero attached hydrogens (tertiary/aromatic N) is 1. The smallest absolute Gasteiger partial charge is 0.122 e. The normalized spacial score (nSPS) is 12.8. The van der Waals surface area contributed by atoms with Gasteiger partial charge in [-0.2, -0.15) is 0 Å². The molecular formula is C14H11BrN2O. The number of aromatic nitrogens is 2. The van der Waals surface area contributed by atoms with E-state index in [4.69, 9.17) is 0 Å². The van der Waals surface area contributed by atoms with Crippen molar-refractivity contribution in [1.29, 1.82) is 0 Å². The highest BCUT2D eigenvalue weighted by Gasteiger charge is 2.14. The van der Waals surface area contributed by atoms with Crippen LogP contribution in [0.2, 0.25) is 0 Å². The largest absolute Gasteiger partial charge is 0.382 e. The minimum absolute atomic E-state index is 0.645. The molecule has 4 heteroatoms. The number of aromatic amines is 1. The van der Waals surface area contributed by atoms with Crippen molar-refractivity contribution in [2.75, 3.05) is 0 Å². The molecule has 90 valence electrons. The van der Waals surface area contributed by atoms with Crippen LogP contribution in [0.3, 0.4) is 0 Å². The van der Waals surface area contributed by atoms with E-state index in [-0.39, 0.29) is 0 Å². The second kappa shape index (κ2) is 4.55. The van der Waals surface area contributed by atoms with E-state index in [1.807, 2.05) is 42.6 Å². The van der Waals surface area contributed by atoms with Crippen molar-refractivity contribution in [2.24, 2.45) is 0 Å². The molecule has 0 amide bonds. The fraction of sp³-hybridized carbons (Fsp3) is 0.0714. The summed E-state index contributed by atoms with van der Waals surface area (Å²) in [5, 5.41) is 11.4. The number of nitrogens with one attached hydrogen (secondary N) is 1. The minimum Gasteiger partial charge on any atom is -0.382 e. The summed E-state index contributed by atoms with van der Waals surface area (Å²) in [4.78, 5) is 7.38. The first-order valence-corrected chi connectivity index (χ1v) is 6.40. The van der Waals surface area contributed by atoms with Crippen molar-refractivity contribution >= 4 is 26.8 Å². The molecule has 2 heterocycles. The van der Waals surface area contributed by atoms with E-state index in [0.29, 0.717) is 5.69 Å². The number of fused-ring (bicyclic) bond motifs is 1. The monoisotopic (exact) mass is 302 g/mol. The predicted molar refractivity (Wildman–Crippen MR) is 74.3 cm³/mol. The van der Waals surface area contributed by atoms with E-state index >= 15 is 0 Å². The van der Waals surface area contributed by atoms with Gasteiger partial charge in [0.05, 0.1) is 5.69 Å². The van der Waals surface area contributed by atoms with Crippen LogP contribution in [0, 0.1) is 0 Å². The van der Waals surface area contributed by atoms with Crippen LogP contribution in [0.15, 0.2) is 53.3 Å². The van der Waals surface area contributed by atoms with E-state index in [9.17, 15) is 5.11 Å². The third-order valence-electron chi connectivity index (χ3n) is 2.95. The molecule has 1 aromatic carbocycles. The zero-order valence-electron chi connectivity index (χ0n) is 9.47. The maximum Gasteiger partial charge on any atom is 0.122 e. The number of hydrogen-bond acceptors (Lipinski definition) is 2. The molecule has 2 aromatic heterocycles. The number of benzene rings is 1. The van der Waals surface area contributed by atoms with Crippen molar-refractivity contribution in [3.63, 3.8) is 0 Å². The van der Waals surface area contributed by atoms with Gasteiger partial charge in [0.2, 0.25) is 0 Å². The van der Waals surface area contributed by atoms with E-state index in [1.54, 1.807) is 6.20 Å². The number of aliphatic hydroxyl groups is 1. The Bertz CT molecular complexity index is 676. The molecule has 3 rings (SSSR count). The molecule has 3 nitrogen and oxygen atoms in total. The van der Waals surface area contributed by atoms with Crippen LogP contribution in [0.4, 0.5) is 0 Å². The maximum atomic E-state index is 10.4. The molecule has 0 spiro atoms. The fourth-order valence-electron chi connectivity index (χ4n) is 2.06. The van der Waals surface area contributed by atoms with Crippen LogP contribution >= 0.6 is 15.9 Å². The predicted octanol–water partition coefficient (Wildman–Crippen LogP) is 3.41. The summed E-state index contributed by atoms with van der Waals surface area (Å²) in [5.74, 6) is 0. The summed E-state index contributed by atoms with van der Waals surface area (Å²) in [6, 6.07) is 11.5. The van der Waals surface area contributed by atoms with Gasteiger partial charge >= 0.3 is 0 Å². The Labute approximate surface area is 113 Å². The second-order valence-electron chi connectivity index (χ2n) is 4.09. The lowest BCUT2D eigenvalue weighted by Crippen LogP contribution is -2.02. The third kappa shape index (κ3) is 1.94. The van der Waals surface area contributed by atoms with Gasteiger partial charge < -0.3 is 10.1 Å². The molecule has 0 aliphatic rings. The first kappa shape index (κ1) is 11.4. The van der Waals surface area contributed by atoms with Gasteiger partial charge in [-0.3, -0.25) is 4.98 Å². The van der Waals surface area contributed by atoms with E-state index < -0.39 is 6.10 Å². The zero-order chi connectivity index (χ0) is 12.5. The van der Waals surface area contributed by atoms with Gasteiger partial charge in [0, 0.05) is 27.8 Å². The van der Waals surface area contributed by atoms with Gasteiger partial charge in [0.25, 0.3) is 0 Å². The van der Waals surface area contributed by atoms with Crippen LogP contribution in [0.1, 0.15) is 17.4 Å². The molecule has 0 aliphatic carbocycles. The molecule has 3 aromatic rings. The molecular weight excluding hydrogens is 292 g/mol. The Morgan fingerprint density at radius 1 is 1.17 bits per heavy atom. The molecule has 0 aliphatic heterocycles. The first-order chi connectivity index (χ1) is 8.75. The standard InChI is InChI=1S/C14H11BrN2O/c15-9-4-5-13(17-8-9)14(18)11-2-1-3-12-10(11)6-7-16-12/h1-8,14,16,18H. The van der Waals surface area contributed by atoms with Crippen molar-refractivity contribution in [1.82, 2.24) is 9.97 Å². The summed E-state index contributed by atoms with van der Waals surface area (Å²) < 4.78 is 0.901. The van der Waals surface area contributed by atoms with Gasteiger partial charge in [-0.25, -0.2) is 0 Å². The van der Waals surface area contributed by atoms with Crippen LogP contribution in [0.25, 0.3) is 10.9 Å². The van der Waals surface area contributed by atoms with Gasteiger partial charge in [0.15, 0.2) is 0 Å². The van der Waals surface area contributed by atoms with E-state index in [0.717, 1.165) is 20.9 Å². The molecule has 0 radical (unpaired) electrons. The number of pyridine rings is 1. The quantitative estimate of drug-likeness (QED) is 0.762. The van der Waals surface area contributed by atoms with Gasteiger partial charge in [-0.05, 0) is 45.8 Å². The number of aliphatic hydroxyl groups excluding tert-OH is 1. The van der Waals surface area contributed by atoms with Crippen molar-refractivity contribution in [3.8, 4) is 0 Å². The number of hydrogen-bond donors (Lipinski definition) is 2. The lowest BCUT2D eigenvalue weighted by Gasteiger charge is -2.11. The minimum atomic E-state index is -0.711. The van der Waals surface area contributed by atoms with Crippen LogP contribution in [0.5, 0.6) is 0 Å². The average Bonchev–Trinajstić information content (AvgIpc) is 2.87. The van der Waals surface area contributed by atoms with Crippen LogP contribution in [-0.2, 0) is 0 Å². The van der Waals surface area contributed by atoms with E-state index in [1.165, 1.54) is 0 Å². The lowest BCUT2D eigenvalue weighted by molar-refractivity contribution is 0.217. The number of halogens is 1. The van der Waals surface area contributed by atoms with Crippen molar-refractivity contribution in [3.05, 3.63) is 64.5 Å². The highest BCUT2D eigenvalue weighted by molar-refractivity contribution is 9.10. The van der Waals surface area contributed by atoms with E-state index in [2.05, 4.69) is 25.9 Å². The first-order valence-electron chi connectivity index (χ1n) is 5.61. The molecule has 1 atom stereocenters. The summed E-state index contributed by atoms with van der Waals surface area (Å²) in [5.41, 5.74) is 2.53. The molecule has 2 N–H and O–H groups in total. The second-order valence-corrected chi connectivity index (χ2v) is 5.01. The summed E-state index contributed by atoms with van der Waals surface area (Å²) in [6.07, 6.45) is 2.85. The third-order valence-corrected chi connectivity index (χ3v) is 3.42. The van der Waals surface area contributed by atoms with Gasteiger partial charge in [0.1, 0.15) is 6.10 Å². The molecule has 0 saturated carbocycles. The SMILES string of the molecule is OC(c1ccc(Br)cn1)c1cccc2[nH]ccc12. The summed E-state index contributed by atoms with van der Waals surface area (Å²) in [7, 11) is 0. The Morgan fingerprint density at radius 2 is 2.06 bits per heavy atom. The Balaban J connectivity index is 2.08.